The van der Waals surface area contributed by atoms with Crippen LogP contribution in [0.2, 0.25) is 5.02 Å². The largest absolute Gasteiger partial charge is 0.334 e. The Morgan fingerprint density at radius 3 is 2.71 bits per heavy atom. The molecule has 4 N–H and O–H groups in total. The summed E-state index contributed by atoms with van der Waals surface area (Å²) in [6.45, 7) is 4.33. The molecule has 1 atom stereocenters. The van der Waals surface area contributed by atoms with E-state index < -0.39 is 0 Å². The van der Waals surface area contributed by atoms with Crippen LogP contribution in [0.15, 0.2) is 58.8 Å². The maximum Gasteiger partial charge on any atom is 0.264 e. The van der Waals surface area contributed by atoms with Gasteiger partial charge in [0.1, 0.15) is 0 Å². The van der Waals surface area contributed by atoms with E-state index >= 15 is 0 Å². The number of thioether (sulfide) groups is 1. The molecule has 0 fully saturated rings. The molecule has 0 bridgehead atoms. The number of halogens is 1. The predicted molar refractivity (Wildman–Crippen MR) is 127 cm³/mol. The van der Waals surface area contributed by atoms with Crippen LogP contribution < -0.4 is 16.6 Å². The molecule has 0 radical (unpaired) electrons. The standard InChI is InChI=1S/C21H24ClN7OS/c1-3-14(2)15-8-10-17(11-9-15)25-19(30)13-31-21-28-27-20(29(21)23)26-24-12-16-6-4-5-7-18(16)22/h4-12,14H,3,13,23H2,1-2H3,(H,25,30)(H,26,27)/b24-12+. The Morgan fingerprint density at radius 1 is 1.26 bits per heavy atom. The summed E-state index contributed by atoms with van der Waals surface area (Å²) in [4.78, 5) is 12.3. The zero-order valence-corrected chi connectivity index (χ0v) is 18.8. The summed E-state index contributed by atoms with van der Waals surface area (Å²) >= 11 is 7.26. The van der Waals surface area contributed by atoms with Crippen LogP contribution in [0, 0.1) is 0 Å². The Balaban J connectivity index is 1.51. The highest BCUT2D eigenvalue weighted by Gasteiger charge is 2.12. The van der Waals surface area contributed by atoms with E-state index in [1.807, 2.05) is 42.5 Å². The molecule has 0 aliphatic rings. The van der Waals surface area contributed by atoms with E-state index in [1.54, 1.807) is 12.3 Å². The molecule has 8 nitrogen and oxygen atoms in total. The van der Waals surface area contributed by atoms with Gasteiger partial charge in [-0.05, 0) is 36.1 Å². The van der Waals surface area contributed by atoms with Gasteiger partial charge in [-0.1, -0.05) is 67.5 Å². The van der Waals surface area contributed by atoms with E-state index in [0.29, 0.717) is 16.1 Å². The highest BCUT2D eigenvalue weighted by Crippen LogP contribution is 2.21. The lowest BCUT2D eigenvalue weighted by Gasteiger charge is -2.10. The molecule has 10 heteroatoms. The van der Waals surface area contributed by atoms with E-state index in [9.17, 15) is 4.79 Å². The lowest BCUT2D eigenvalue weighted by Crippen LogP contribution is -2.17. The summed E-state index contributed by atoms with van der Waals surface area (Å²) in [5, 5.41) is 15.8. The number of anilines is 2. The van der Waals surface area contributed by atoms with Crippen LogP contribution in [0.25, 0.3) is 0 Å². The first-order valence-electron chi connectivity index (χ1n) is 9.74. The van der Waals surface area contributed by atoms with Gasteiger partial charge in [-0.15, -0.1) is 10.2 Å². The van der Waals surface area contributed by atoms with Crippen molar-refractivity contribution in [2.75, 3.05) is 22.3 Å². The first-order chi connectivity index (χ1) is 15.0. The fourth-order valence-electron chi connectivity index (χ4n) is 2.65. The van der Waals surface area contributed by atoms with Crippen molar-refractivity contribution in [3.05, 3.63) is 64.7 Å². The number of nitrogens with zero attached hydrogens (tertiary/aromatic N) is 4. The lowest BCUT2D eigenvalue weighted by molar-refractivity contribution is -0.113. The van der Waals surface area contributed by atoms with E-state index in [-0.39, 0.29) is 17.6 Å². The first kappa shape index (κ1) is 22.6. The van der Waals surface area contributed by atoms with Crippen molar-refractivity contribution in [3.63, 3.8) is 0 Å². The Labute approximate surface area is 190 Å². The van der Waals surface area contributed by atoms with Crippen molar-refractivity contribution in [1.82, 2.24) is 14.9 Å². The van der Waals surface area contributed by atoms with Crippen molar-refractivity contribution < 1.29 is 4.79 Å². The van der Waals surface area contributed by atoms with Crippen LogP contribution in [-0.4, -0.2) is 32.7 Å². The fraction of sp³-hybridized carbons (Fsp3) is 0.238. The molecule has 0 aliphatic carbocycles. The van der Waals surface area contributed by atoms with Crippen molar-refractivity contribution >= 4 is 47.1 Å². The van der Waals surface area contributed by atoms with Gasteiger partial charge >= 0.3 is 0 Å². The smallest absolute Gasteiger partial charge is 0.264 e. The van der Waals surface area contributed by atoms with Crippen molar-refractivity contribution in [3.8, 4) is 0 Å². The lowest BCUT2D eigenvalue weighted by atomic mass is 9.99. The number of carbonyl (C=O) groups excluding carboxylic acids is 1. The van der Waals surface area contributed by atoms with Crippen LogP contribution >= 0.6 is 23.4 Å². The van der Waals surface area contributed by atoms with Gasteiger partial charge in [0.05, 0.1) is 12.0 Å². The van der Waals surface area contributed by atoms with Crippen molar-refractivity contribution in [2.45, 2.75) is 31.3 Å². The second kappa shape index (κ2) is 10.8. The number of amides is 1. The third kappa shape index (κ3) is 6.22. The summed E-state index contributed by atoms with van der Waals surface area (Å²) in [6, 6.07) is 15.2. The van der Waals surface area contributed by atoms with E-state index in [1.165, 1.54) is 22.0 Å². The molecule has 31 heavy (non-hydrogen) atoms. The second-order valence-corrected chi connectivity index (χ2v) is 8.19. The van der Waals surface area contributed by atoms with Gasteiger partial charge in [-0.3, -0.25) is 4.79 Å². The first-order valence-corrected chi connectivity index (χ1v) is 11.1. The Kier molecular flexibility index (Phi) is 7.91. The third-order valence-electron chi connectivity index (χ3n) is 4.65. The molecule has 0 saturated heterocycles. The topological polar surface area (TPSA) is 110 Å². The molecule has 162 valence electrons. The third-order valence-corrected chi connectivity index (χ3v) is 5.93. The Bertz CT molecular complexity index is 1050. The minimum atomic E-state index is -0.157. The number of nitrogen functional groups attached to an aromatic ring is 1. The number of hydrogen-bond donors (Lipinski definition) is 3. The van der Waals surface area contributed by atoms with E-state index in [4.69, 9.17) is 17.4 Å². The molecule has 0 aliphatic heterocycles. The summed E-state index contributed by atoms with van der Waals surface area (Å²) in [5.74, 6) is 6.71. The molecule has 3 aromatic rings. The number of rotatable bonds is 9. The maximum atomic E-state index is 12.3. The fourth-order valence-corrected chi connectivity index (χ4v) is 3.49. The second-order valence-electron chi connectivity index (χ2n) is 6.84. The number of carbonyl (C=O) groups is 1. The van der Waals surface area contributed by atoms with E-state index in [0.717, 1.165) is 17.7 Å². The molecule has 1 amide bonds. The molecule has 1 aromatic heterocycles. The zero-order valence-electron chi connectivity index (χ0n) is 17.2. The normalized spacial score (nSPS) is 12.1. The highest BCUT2D eigenvalue weighted by molar-refractivity contribution is 7.99. The monoisotopic (exact) mass is 457 g/mol. The minimum Gasteiger partial charge on any atom is -0.334 e. The van der Waals surface area contributed by atoms with Gasteiger partial charge in [-0.25, -0.2) is 10.1 Å². The molecule has 3 rings (SSSR count). The minimum absolute atomic E-state index is 0.144. The Hall–Kier alpha value is -3.04. The molecular formula is C21H24ClN7OS. The molecule has 1 unspecified atom stereocenters. The van der Waals surface area contributed by atoms with Crippen molar-refractivity contribution in [2.24, 2.45) is 5.10 Å². The number of nitrogens with one attached hydrogen (secondary N) is 2. The average molecular weight is 458 g/mol. The van der Waals surface area contributed by atoms with Crippen LogP contribution in [0.3, 0.4) is 0 Å². The van der Waals surface area contributed by atoms with Gasteiger partial charge in [-0.2, -0.15) is 5.10 Å². The van der Waals surface area contributed by atoms with Gasteiger partial charge in [0, 0.05) is 16.3 Å². The summed E-state index contributed by atoms with van der Waals surface area (Å²) < 4.78 is 1.24. The predicted octanol–water partition coefficient (Wildman–Crippen LogP) is 4.34. The van der Waals surface area contributed by atoms with Gasteiger partial charge in [0.25, 0.3) is 5.95 Å². The number of aromatic nitrogens is 3. The number of hydrogen-bond acceptors (Lipinski definition) is 7. The van der Waals surface area contributed by atoms with Crippen LogP contribution in [0.4, 0.5) is 11.6 Å². The molecule has 2 aromatic carbocycles. The Morgan fingerprint density at radius 2 is 2.00 bits per heavy atom. The van der Waals surface area contributed by atoms with Crippen LogP contribution in [-0.2, 0) is 4.79 Å². The molecule has 0 saturated carbocycles. The quantitative estimate of drug-likeness (QED) is 0.191. The van der Waals surface area contributed by atoms with Gasteiger partial charge < -0.3 is 11.2 Å². The SMILES string of the molecule is CCC(C)c1ccc(NC(=O)CSc2nnc(N/N=C/c3ccccc3Cl)n2N)cc1. The maximum absolute atomic E-state index is 12.3. The summed E-state index contributed by atoms with van der Waals surface area (Å²) in [6.07, 6.45) is 2.63. The summed E-state index contributed by atoms with van der Waals surface area (Å²) in [7, 11) is 0. The molecule has 0 spiro atoms. The molecular weight excluding hydrogens is 434 g/mol. The van der Waals surface area contributed by atoms with Crippen LogP contribution in [0.1, 0.15) is 37.3 Å². The zero-order chi connectivity index (χ0) is 22.2. The van der Waals surface area contributed by atoms with Gasteiger partial charge in [0.2, 0.25) is 11.1 Å². The number of benzene rings is 2. The summed E-state index contributed by atoms with van der Waals surface area (Å²) in [5.41, 5.74) is 5.48. The number of nitrogens with two attached hydrogens (primary N) is 1. The highest BCUT2D eigenvalue weighted by atomic mass is 35.5. The molecule has 1 heterocycles. The van der Waals surface area contributed by atoms with Crippen LogP contribution in [0.5, 0.6) is 0 Å². The van der Waals surface area contributed by atoms with E-state index in [2.05, 4.69) is 39.9 Å². The van der Waals surface area contributed by atoms with Crippen molar-refractivity contribution in [1.29, 1.82) is 0 Å². The van der Waals surface area contributed by atoms with Gasteiger partial charge in [0.15, 0.2) is 0 Å². The average Bonchev–Trinajstić information content (AvgIpc) is 3.13. The number of hydrazone groups is 1.